The van der Waals surface area contributed by atoms with E-state index in [1.165, 1.54) is 0 Å². The van der Waals surface area contributed by atoms with Crippen molar-refractivity contribution in [3.05, 3.63) is 80.2 Å². The Labute approximate surface area is 210 Å². The molecule has 0 unspecified atom stereocenters. The number of nitro groups is 1. The van der Waals surface area contributed by atoms with Crippen LogP contribution >= 0.6 is 22.9 Å². The summed E-state index contributed by atoms with van der Waals surface area (Å²) in [7, 11) is 0. The fourth-order valence-corrected chi connectivity index (χ4v) is 6.08. The van der Waals surface area contributed by atoms with E-state index in [1.807, 2.05) is 36.4 Å². The van der Waals surface area contributed by atoms with Gasteiger partial charge in [0.2, 0.25) is 0 Å². The molecule has 1 spiro atoms. The lowest BCUT2D eigenvalue weighted by molar-refractivity contribution is -0.384. The summed E-state index contributed by atoms with van der Waals surface area (Å²) in [5, 5.41) is 12.4. The van der Waals surface area contributed by atoms with Gasteiger partial charge in [0.25, 0.3) is 5.91 Å². The lowest BCUT2D eigenvalue weighted by atomic mass is 9.92. The molecule has 0 saturated carbocycles. The summed E-state index contributed by atoms with van der Waals surface area (Å²) >= 11 is 7.71. The molecule has 1 saturated heterocycles. The largest absolute Gasteiger partial charge is 0.457 e. The second kappa shape index (κ2) is 9.43. The number of para-hydroxylation sites is 1. The van der Waals surface area contributed by atoms with Gasteiger partial charge < -0.3 is 19.9 Å². The molecule has 0 radical (unpaired) electrons. The third-order valence-electron chi connectivity index (χ3n) is 6.02. The first-order valence-corrected chi connectivity index (χ1v) is 12.2. The summed E-state index contributed by atoms with van der Waals surface area (Å²) in [6, 6.07) is 14.2. The molecule has 0 atom stereocenters. The Morgan fingerprint density at radius 3 is 2.46 bits per heavy atom. The number of primary amides is 1. The van der Waals surface area contributed by atoms with Crippen LogP contribution in [0.2, 0.25) is 5.02 Å². The number of ether oxygens (including phenoxy) is 3. The highest BCUT2D eigenvalue weighted by Crippen LogP contribution is 2.49. The third kappa shape index (κ3) is 4.55. The molecule has 1 amide bonds. The maximum absolute atomic E-state index is 12.4. The van der Waals surface area contributed by atoms with Crippen LogP contribution in [0.15, 0.2) is 54.6 Å². The predicted molar refractivity (Wildman–Crippen MR) is 133 cm³/mol. The molecule has 1 aromatic heterocycles. The number of hydrogen-bond donors (Lipinski definition) is 1. The SMILES string of the molecule is NC(=O)c1c(-c2ccc(Oc3ccccc3)cc2Cl)sc(C2=CCC3(CC2)OCCO3)c1[N+](=O)[O-]. The Balaban J connectivity index is 1.55. The number of hydrogen-bond acceptors (Lipinski definition) is 7. The van der Waals surface area contributed by atoms with E-state index in [-0.39, 0.29) is 16.3 Å². The van der Waals surface area contributed by atoms with Gasteiger partial charge in [-0.2, -0.15) is 0 Å². The smallest absolute Gasteiger partial charge is 0.300 e. The summed E-state index contributed by atoms with van der Waals surface area (Å²) in [5.74, 6) is -0.415. The molecule has 1 aliphatic carbocycles. The first-order chi connectivity index (χ1) is 16.9. The average Bonchev–Trinajstić information content (AvgIpc) is 3.46. The number of benzene rings is 2. The van der Waals surface area contributed by atoms with Crippen LogP contribution in [0.25, 0.3) is 16.0 Å². The van der Waals surface area contributed by atoms with Gasteiger partial charge in [-0.25, -0.2) is 0 Å². The van der Waals surface area contributed by atoms with Gasteiger partial charge in [0, 0.05) is 24.5 Å². The van der Waals surface area contributed by atoms with Crippen molar-refractivity contribution in [3.8, 4) is 21.9 Å². The lowest BCUT2D eigenvalue weighted by Gasteiger charge is -2.30. The number of carbonyl (C=O) groups is 1. The fraction of sp³-hybridized carbons (Fsp3) is 0.240. The fourth-order valence-electron chi connectivity index (χ4n) is 4.37. The van der Waals surface area contributed by atoms with Gasteiger partial charge in [-0.15, -0.1) is 11.3 Å². The number of halogens is 1. The van der Waals surface area contributed by atoms with Crippen LogP contribution in [0.5, 0.6) is 11.5 Å². The molecule has 1 aliphatic heterocycles. The van der Waals surface area contributed by atoms with E-state index in [0.717, 1.165) is 16.9 Å². The Kier molecular flexibility index (Phi) is 6.33. The molecule has 2 heterocycles. The quantitative estimate of drug-likeness (QED) is 0.311. The van der Waals surface area contributed by atoms with E-state index < -0.39 is 16.6 Å². The summed E-state index contributed by atoms with van der Waals surface area (Å²) in [5.41, 5.74) is 6.43. The molecule has 2 aliphatic rings. The van der Waals surface area contributed by atoms with E-state index in [9.17, 15) is 14.9 Å². The van der Waals surface area contributed by atoms with Gasteiger partial charge in [-0.05, 0) is 36.3 Å². The monoisotopic (exact) mass is 512 g/mol. The zero-order chi connectivity index (χ0) is 24.6. The van der Waals surface area contributed by atoms with Gasteiger partial charge in [-0.1, -0.05) is 35.9 Å². The zero-order valence-corrected chi connectivity index (χ0v) is 20.1. The summed E-state index contributed by atoms with van der Waals surface area (Å²) in [6.45, 7) is 1.06. The van der Waals surface area contributed by atoms with E-state index in [0.29, 0.717) is 59.3 Å². The minimum atomic E-state index is -0.884. The molecule has 5 rings (SSSR count). The van der Waals surface area contributed by atoms with Crippen molar-refractivity contribution >= 4 is 40.1 Å². The van der Waals surface area contributed by atoms with Crippen molar-refractivity contribution < 1.29 is 23.9 Å². The van der Waals surface area contributed by atoms with Gasteiger partial charge in [-0.3, -0.25) is 14.9 Å². The Bertz CT molecular complexity index is 1330. The average molecular weight is 513 g/mol. The molecular formula is C25H21ClN2O6S. The summed E-state index contributed by atoms with van der Waals surface area (Å²) in [6.07, 6.45) is 3.45. The third-order valence-corrected chi connectivity index (χ3v) is 7.62. The summed E-state index contributed by atoms with van der Waals surface area (Å²) in [4.78, 5) is 24.7. The Morgan fingerprint density at radius 1 is 1.11 bits per heavy atom. The van der Waals surface area contributed by atoms with Gasteiger partial charge in [0.15, 0.2) is 5.79 Å². The normalized spacial score (nSPS) is 16.8. The molecule has 10 heteroatoms. The van der Waals surface area contributed by atoms with Crippen LogP contribution < -0.4 is 10.5 Å². The molecule has 1 fully saturated rings. The van der Waals surface area contributed by atoms with E-state index in [4.69, 9.17) is 31.5 Å². The number of allylic oxidation sites excluding steroid dienone is 1. The maximum Gasteiger partial charge on any atom is 0.300 e. The minimum absolute atomic E-state index is 0.150. The first-order valence-electron chi connectivity index (χ1n) is 11.0. The van der Waals surface area contributed by atoms with Crippen molar-refractivity contribution in [3.63, 3.8) is 0 Å². The molecule has 2 aromatic carbocycles. The van der Waals surface area contributed by atoms with Crippen LogP contribution in [0.3, 0.4) is 0 Å². The molecule has 8 nitrogen and oxygen atoms in total. The summed E-state index contributed by atoms with van der Waals surface area (Å²) < 4.78 is 17.3. The number of rotatable bonds is 6. The van der Waals surface area contributed by atoms with Crippen molar-refractivity contribution in [2.75, 3.05) is 13.2 Å². The maximum atomic E-state index is 12.4. The highest BCUT2D eigenvalue weighted by molar-refractivity contribution is 7.17. The molecule has 35 heavy (non-hydrogen) atoms. The van der Waals surface area contributed by atoms with Gasteiger partial charge in [0.1, 0.15) is 21.9 Å². The van der Waals surface area contributed by atoms with E-state index >= 15 is 0 Å². The number of thiophene rings is 1. The molecule has 180 valence electrons. The minimum Gasteiger partial charge on any atom is -0.457 e. The van der Waals surface area contributed by atoms with Crippen molar-refractivity contribution in [2.45, 2.75) is 25.0 Å². The number of nitrogens with two attached hydrogens (primary N) is 1. The van der Waals surface area contributed by atoms with Crippen LogP contribution in [-0.2, 0) is 9.47 Å². The lowest BCUT2D eigenvalue weighted by Crippen LogP contribution is -2.31. The Hall–Kier alpha value is -3.24. The zero-order valence-electron chi connectivity index (χ0n) is 18.5. The standard InChI is InChI=1S/C25H21ClN2O6S/c26-19-14-17(34-16-4-2-1-3-5-16)6-7-18(19)23-20(24(27)29)21(28(30)31)22(35-23)15-8-10-25(11-9-15)32-12-13-33-25/h1-8,14H,9-13H2,(H2,27,29). The first kappa shape index (κ1) is 23.5. The second-order valence-electron chi connectivity index (χ2n) is 8.20. The molecular weight excluding hydrogens is 492 g/mol. The highest BCUT2D eigenvalue weighted by atomic mass is 35.5. The highest BCUT2D eigenvalue weighted by Gasteiger charge is 2.40. The number of carbonyl (C=O) groups excluding carboxylic acids is 1. The van der Waals surface area contributed by atoms with Gasteiger partial charge >= 0.3 is 5.69 Å². The van der Waals surface area contributed by atoms with Crippen molar-refractivity contribution in [2.24, 2.45) is 5.73 Å². The van der Waals surface area contributed by atoms with Crippen LogP contribution in [0.1, 0.15) is 34.5 Å². The second-order valence-corrected chi connectivity index (χ2v) is 9.63. The van der Waals surface area contributed by atoms with Crippen LogP contribution in [0.4, 0.5) is 5.69 Å². The Morgan fingerprint density at radius 2 is 1.86 bits per heavy atom. The predicted octanol–water partition coefficient (Wildman–Crippen LogP) is 6.18. The number of amides is 1. The topological polar surface area (TPSA) is 114 Å². The molecule has 3 aromatic rings. The van der Waals surface area contributed by atoms with Crippen molar-refractivity contribution in [1.82, 2.24) is 0 Å². The molecule has 0 bridgehead atoms. The van der Waals surface area contributed by atoms with Crippen molar-refractivity contribution in [1.29, 1.82) is 0 Å². The van der Waals surface area contributed by atoms with Gasteiger partial charge in [0.05, 0.1) is 28.0 Å². The van der Waals surface area contributed by atoms with Crippen LogP contribution in [0, 0.1) is 10.1 Å². The van der Waals surface area contributed by atoms with Crippen LogP contribution in [-0.4, -0.2) is 29.8 Å². The number of nitrogens with zero attached hydrogens (tertiary/aromatic N) is 1. The van der Waals surface area contributed by atoms with E-state index in [2.05, 4.69) is 0 Å². The molecule has 2 N–H and O–H groups in total. The van der Waals surface area contributed by atoms with E-state index in [1.54, 1.807) is 18.2 Å².